The highest BCUT2D eigenvalue weighted by atomic mass is 15.2. The molecule has 0 fully saturated rings. The van der Waals surface area contributed by atoms with E-state index in [4.69, 9.17) is 5.73 Å². The molecule has 2 rings (SSSR count). The number of hydrogen-bond acceptors (Lipinski definition) is 4. The zero-order chi connectivity index (χ0) is 9.97. The minimum Gasteiger partial charge on any atom is -0.382 e. The van der Waals surface area contributed by atoms with E-state index < -0.39 is 0 Å². The van der Waals surface area contributed by atoms with E-state index in [1.807, 2.05) is 6.07 Å². The Kier molecular flexibility index (Phi) is 2.63. The predicted octanol–water partition coefficient (Wildman–Crippen LogP) is 0.827. The van der Waals surface area contributed by atoms with Crippen molar-refractivity contribution in [3.8, 4) is 0 Å². The van der Waals surface area contributed by atoms with E-state index in [9.17, 15) is 0 Å². The molecule has 1 aliphatic rings. The summed E-state index contributed by atoms with van der Waals surface area (Å²) in [5.74, 6) is 0.530. The van der Waals surface area contributed by atoms with Gasteiger partial charge >= 0.3 is 0 Å². The van der Waals surface area contributed by atoms with Crippen LogP contribution in [0, 0.1) is 0 Å². The number of anilines is 1. The first-order valence-electron chi connectivity index (χ1n) is 5.13. The molecule has 2 N–H and O–H groups in total. The van der Waals surface area contributed by atoms with Crippen molar-refractivity contribution in [2.24, 2.45) is 0 Å². The zero-order valence-corrected chi connectivity index (χ0v) is 8.53. The average molecular weight is 192 g/mol. The monoisotopic (exact) mass is 192 g/mol. The maximum absolute atomic E-state index is 5.61. The van der Waals surface area contributed by atoms with Crippen molar-refractivity contribution < 1.29 is 0 Å². The molecule has 0 aromatic carbocycles. The van der Waals surface area contributed by atoms with Gasteiger partial charge in [0.2, 0.25) is 0 Å². The topological polar surface area (TPSA) is 55.0 Å². The molecule has 0 spiro atoms. The van der Waals surface area contributed by atoms with Crippen molar-refractivity contribution in [1.29, 1.82) is 0 Å². The van der Waals surface area contributed by atoms with Crippen LogP contribution in [0.25, 0.3) is 0 Å². The fourth-order valence-corrected chi connectivity index (χ4v) is 1.91. The maximum Gasteiger partial charge on any atom is 0.146 e. The number of hydrogen-bond donors (Lipinski definition) is 1. The summed E-state index contributed by atoms with van der Waals surface area (Å²) in [4.78, 5) is 2.43. The van der Waals surface area contributed by atoms with Gasteiger partial charge in [0, 0.05) is 19.5 Å². The first kappa shape index (κ1) is 9.40. The molecule has 14 heavy (non-hydrogen) atoms. The molecule has 2 heterocycles. The molecule has 1 aliphatic heterocycles. The van der Waals surface area contributed by atoms with Gasteiger partial charge in [0.25, 0.3) is 0 Å². The van der Waals surface area contributed by atoms with Gasteiger partial charge < -0.3 is 5.73 Å². The Morgan fingerprint density at radius 3 is 3.14 bits per heavy atom. The lowest BCUT2D eigenvalue weighted by Gasteiger charge is -2.27. The Bertz CT molecular complexity index is 324. The van der Waals surface area contributed by atoms with E-state index in [0.29, 0.717) is 5.82 Å². The molecule has 1 aromatic heterocycles. The lowest BCUT2D eigenvalue weighted by Crippen LogP contribution is -2.32. The van der Waals surface area contributed by atoms with Crippen LogP contribution in [0.3, 0.4) is 0 Å². The summed E-state index contributed by atoms with van der Waals surface area (Å²) in [5, 5.41) is 7.98. The van der Waals surface area contributed by atoms with Gasteiger partial charge in [-0.3, -0.25) is 4.90 Å². The molecule has 0 radical (unpaired) electrons. The summed E-state index contributed by atoms with van der Waals surface area (Å²) in [6, 6.07) is 1.95. The molecule has 4 nitrogen and oxygen atoms in total. The van der Waals surface area contributed by atoms with Crippen molar-refractivity contribution in [1.82, 2.24) is 15.1 Å². The van der Waals surface area contributed by atoms with Crippen molar-refractivity contribution in [2.75, 3.05) is 18.8 Å². The normalized spacial score (nSPS) is 16.6. The minimum absolute atomic E-state index is 0.530. The third-order valence-electron chi connectivity index (χ3n) is 2.58. The lowest BCUT2D eigenvalue weighted by atomic mass is 10.1. The molecule has 0 bridgehead atoms. The SMILES string of the molecule is CCCN1CCc2nnc(N)cc2C1. The molecular weight excluding hydrogens is 176 g/mol. The molecule has 0 aliphatic carbocycles. The lowest BCUT2D eigenvalue weighted by molar-refractivity contribution is 0.252. The second-order valence-electron chi connectivity index (χ2n) is 3.77. The van der Waals surface area contributed by atoms with Gasteiger partial charge in [-0.05, 0) is 24.6 Å². The minimum atomic E-state index is 0.530. The van der Waals surface area contributed by atoms with Crippen molar-refractivity contribution in [3.05, 3.63) is 17.3 Å². The summed E-state index contributed by atoms with van der Waals surface area (Å²) >= 11 is 0. The second kappa shape index (κ2) is 3.92. The van der Waals surface area contributed by atoms with E-state index in [0.717, 1.165) is 31.7 Å². The number of aromatic nitrogens is 2. The summed E-state index contributed by atoms with van der Waals surface area (Å²) in [7, 11) is 0. The van der Waals surface area contributed by atoms with Crippen LogP contribution < -0.4 is 5.73 Å². The van der Waals surface area contributed by atoms with Gasteiger partial charge in [-0.2, -0.15) is 5.10 Å². The summed E-state index contributed by atoms with van der Waals surface area (Å²) < 4.78 is 0. The molecule has 0 unspecified atom stereocenters. The highest BCUT2D eigenvalue weighted by Crippen LogP contribution is 2.17. The van der Waals surface area contributed by atoms with E-state index in [-0.39, 0.29) is 0 Å². The summed E-state index contributed by atoms with van der Waals surface area (Å²) in [6.45, 7) is 5.43. The van der Waals surface area contributed by atoms with Gasteiger partial charge in [-0.1, -0.05) is 6.92 Å². The number of nitrogens with two attached hydrogens (primary N) is 1. The van der Waals surface area contributed by atoms with Crippen LogP contribution in [-0.4, -0.2) is 28.2 Å². The second-order valence-corrected chi connectivity index (χ2v) is 3.77. The van der Waals surface area contributed by atoms with E-state index in [1.54, 1.807) is 0 Å². The van der Waals surface area contributed by atoms with Crippen LogP contribution in [0.15, 0.2) is 6.07 Å². The number of rotatable bonds is 2. The highest BCUT2D eigenvalue weighted by molar-refractivity contribution is 5.34. The van der Waals surface area contributed by atoms with Crippen molar-refractivity contribution >= 4 is 5.82 Å². The largest absolute Gasteiger partial charge is 0.382 e. The van der Waals surface area contributed by atoms with Crippen molar-refractivity contribution in [3.63, 3.8) is 0 Å². The van der Waals surface area contributed by atoms with Gasteiger partial charge in [0.1, 0.15) is 5.82 Å². The molecule has 1 aromatic rings. The molecule has 4 heteroatoms. The van der Waals surface area contributed by atoms with Crippen molar-refractivity contribution in [2.45, 2.75) is 26.3 Å². The Morgan fingerprint density at radius 2 is 2.36 bits per heavy atom. The van der Waals surface area contributed by atoms with Crippen LogP contribution in [0.5, 0.6) is 0 Å². The third-order valence-corrected chi connectivity index (χ3v) is 2.58. The number of fused-ring (bicyclic) bond motifs is 1. The Morgan fingerprint density at radius 1 is 1.50 bits per heavy atom. The first-order valence-corrected chi connectivity index (χ1v) is 5.13. The Balaban J connectivity index is 2.16. The zero-order valence-electron chi connectivity index (χ0n) is 8.53. The van der Waals surface area contributed by atoms with Gasteiger partial charge in [0.05, 0.1) is 5.69 Å². The third kappa shape index (κ3) is 1.85. The summed E-state index contributed by atoms with van der Waals surface area (Å²) in [5.41, 5.74) is 7.97. The van der Waals surface area contributed by atoms with Crippen LogP contribution in [-0.2, 0) is 13.0 Å². The van der Waals surface area contributed by atoms with Crippen LogP contribution in [0.2, 0.25) is 0 Å². The fourth-order valence-electron chi connectivity index (χ4n) is 1.91. The predicted molar refractivity (Wildman–Crippen MR) is 55.7 cm³/mol. The van der Waals surface area contributed by atoms with Gasteiger partial charge in [-0.25, -0.2) is 0 Å². The molecule has 0 amide bonds. The van der Waals surface area contributed by atoms with E-state index in [1.165, 1.54) is 12.0 Å². The summed E-state index contributed by atoms with van der Waals surface area (Å²) in [6.07, 6.45) is 2.20. The van der Waals surface area contributed by atoms with E-state index >= 15 is 0 Å². The smallest absolute Gasteiger partial charge is 0.146 e. The van der Waals surface area contributed by atoms with Crippen LogP contribution in [0.4, 0.5) is 5.82 Å². The standard InChI is InChI=1S/C10H16N4/c1-2-4-14-5-3-9-8(7-14)6-10(11)13-12-9/h6H,2-5,7H2,1H3,(H2,11,13). The molecule has 76 valence electrons. The Labute approximate surface area is 84.1 Å². The number of nitrogen functional groups attached to an aromatic ring is 1. The molecular formula is C10H16N4. The molecule has 0 saturated carbocycles. The van der Waals surface area contributed by atoms with Crippen LogP contribution >= 0.6 is 0 Å². The molecule has 0 atom stereocenters. The van der Waals surface area contributed by atoms with E-state index in [2.05, 4.69) is 22.0 Å². The quantitative estimate of drug-likeness (QED) is 0.754. The fraction of sp³-hybridized carbons (Fsp3) is 0.600. The average Bonchev–Trinajstić information content (AvgIpc) is 2.17. The van der Waals surface area contributed by atoms with Gasteiger partial charge in [0.15, 0.2) is 0 Å². The first-order chi connectivity index (χ1) is 6.79. The highest BCUT2D eigenvalue weighted by Gasteiger charge is 2.16. The van der Waals surface area contributed by atoms with Crippen LogP contribution in [0.1, 0.15) is 24.6 Å². The Hall–Kier alpha value is -1.16. The number of nitrogens with zero attached hydrogens (tertiary/aromatic N) is 3. The molecule has 0 saturated heterocycles. The maximum atomic E-state index is 5.61. The van der Waals surface area contributed by atoms with Gasteiger partial charge in [-0.15, -0.1) is 5.10 Å².